The molecule has 1 aromatic carbocycles. The van der Waals surface area contributed by atoms with Crippen LogP contribution in [0.2, 0.25) is 0 Å². The maximum absolute atomic E-state index is 13.4. The molecule has 1 saturated heterocycles. The zero-order chi connectivity index (χ0) is 13.0. The topological polar surface area (TPSA) is 21.3 Å². The van der Waals surface area contributed by atoms with E-state index < -0.39 is 5.92 Å². The van der Waals surface area contributed by atoms with Gasteiger partial charge in [0.15, 0.2) is 0 Å². The van der Waals surface area contributed by atoms with Gasteiger partial charge in [-0.25, -0.2) is 8.78 Å². The fourth-order valence-electron chi connectivity index (χ4n) is 2.23. The predicted molar refractivity (Wildman–Crippen MR) is 67.1 cm³/mol. The molecule has 2 rings (SSSR count). The van der Waals surface area contributed by atoms with E-state index in [0.29, 0.717) is 18.3 Å². The number of halogens is 2. The van der Waals surface area contributed by atoms with Crippen molar-refractivity contribution in [1.29, 1.82) is 0 Å². The number of hydrogen-bond acceptors (Lipinski definition) is 2. The summed E-state index contributed by atoms with van der Waals surface area (Å²) in [5.41, 5.74) is -0.0335. The molecule has 1 aliphatic heterocycles. The minimum absolute atomic E-state index is 0.0335. The molecule has 0 aliphatic carbocycles. The van der Waals surface area contributed by atoms with Crippen LogP contribution in [0.4, 0.5) is 8.78 Å². The first-order chi connectivity index (χ1) is 8.57. The van der Waals surface area contributed by atoms with Crippen molar-refractivity contribution in [2.75, 3.05) is 19.7 Å². The van der Waals surface area contributed by atoms with Gasteiger partial charge in [-0.05, 0) is 31.5 Å². The number of hydrogen-bond donors (Lipinski definition) is 1. The normalized spacial score (nSPS) is 20.7. The van der Waals surface area contributed by atoms with E-state index in [2.05, 4.69) is 5.32 Å². The Morgan fingerprint density at radius 1 is 1.39 bits per heavy atom. The maximum atomic E-state index is 13.4. The molecule has 1 aromatic rings. The summed E-state index contributed by atoms with van der Waals surface area (Å²) in [4.78, 5) is 0. The Morgan fingerprint density at radius 2 is 2.17 bits per heavy atom. The van der Waals surface area contributed by atoms with Crippen molar-refractivity contribution in [1.82, 2.24) is 5.32 Å². The first-order valence-electron chi connectivity index (χ1n) is 6.38. The molecule has 0 saturated carbocycles. The smallest absolute Gasteiger partial charge is 0.274 e. The standard InChI is InChI=1S/C14H19F2NO/c1-14(15,16)12-6-2-3-7-13(12)18-10-11-5-4-8-17-9-11/h2-3,6-7,11,17H,4-5,8-10H2,1H3. The fraction of sp³-hybridized carbons (Fsp3) is 0.571. The van der Waals surface area contributed by atoms with Gasteiger partial charge < -0.3 is 10.1 Å². The third kappa shape index (κ3) is 3.42. The first kappa shape index (κ1) is 13.3. The van der Waals surface area contributed by atoms with Crippen LogP contribution in [0.15, 0.2) is 24.3 Å². The van der Waals surface area contributed by atoms with Crippen molar-refractivity contribution < 1.29 is 13.5 Å². The molecule has 4 heteroatoms. The SMILES string of the molecule is CC(F)(F)c1ccccc1OCC1CCCNC1. The molecule has 1 heterocycles. The highest BCUT2D eigenvalue weighted by Crippen LogP contribution is 2.34. The van der Waals surface area contributed by atoms with Crippen molar-refractivity contribution in [3.63, 3.8) is 0 Å². The van der Waals surface area contributed by atoms with Crippen LogP contribution >= 0.6 is 0 Å². The molecule has 0 aromatic heterocycles. The Bertz CT molecular complexity index is 384. The summed E-state index contributed by atoms with van der Waals surface area (Å²) in [5.74, 6) is -2.14. The molecule has 1 atom stereocenters. The lowest BCUT2D eigenvalue weighted by Gasteiger charge is -2.24. The van der Waals surface area contributed by atoms with Gasteiger partial charge in [0.1, 0.15) is 5.75 Å². The molecule has 0 radical (unpaired) electrons. The molecule has 1 aliphatic rings. The molecular formula is C14H19F2NO. The van der Waals surface area contributed by atoms with E-state index in [9.17, 15) is 8.78 Å². The summed E-state index contributed by atoms with van der Waals surface area (Å²) in [5, 5.41) is 3.29. The maximum Gasteiger partial charge on any atom is 0.274 e. The monoisotopic (exact) mass is 255 g/mol. The second-order valence-electron chi connectivity index (χ2n) is 4.91. The Kier molecular flexibility index (Phi) is 4.17. The zero-order valence-corrected chi connectivity index (χ0v) is 10.6. The summed E-state index contributed by atoms with van der Waals surface area (Å²) in [6.45, 7) is 3.35. The van der Waals surface area contributed by atoms with Crippen LogP contribution in [0, 0.1) is 5.92 Å². The summed E-state index contributed by atoms with van der Waals surface area (Å²) in [6.07, 6.45) is 2.22. The second-order valence-corrected chi connectivity index (χ2v) is 4.91. The lowest BCUT2D eigenvalue weighted by atomic mass is 10.0. The predicted octanol–water partition coefficient (Wildman–Crippen LogP) is 3.18. The molecule has 1 unspecified atom stereocenters. The lowest BCUT2D eigenvalue weighted by molar-refractivity contribution is 0.0139. The summed E-state index contributed by atoms with van der Waals surface area (Å²) < 4.78 is 32.4. The Morgan fingerprint density at radius 3 is 2.83 bits per heavy atom. The van der Waals surface area contributed by atoms with Gasteiger partial charge in [0.2, 0.25) is 0 Å². The molecule has 2 nitrogen and oxygen atoms in total. The van der Waals surface area contributed by atoms with Crippen LogP contribution in [-0.2, 0) is 5.92 Å². The number of alkyl halides is 2. The van der Waals surface area contributed by atoms with E-state index in [-0.39, 0.29) is 5.56 Å². The average molecular weight is 255 g/mol. The van der Waals surface area contributed by atoms with Gasteiger partial charge in [-0.1, -0.05) is 12.1 Å². The van der Waals surface area contributed by atoms with Crippen LogP contribution in [0.3, 0.4) is 0 Å². The van der Waals surface area contributed by atoms with E-state index in [0.717, 1.165) is 32.9 Å². The van der Waals surface area contributed by atoms with E-state index >= 15 is 0 Å². The molecule has 100 valence electrons. The van der Waals surface area contributed by atoms with Gasteiger partial charge in [-0.15, -0.1) is 0 Å². The highest BCUT2D eigenvalue weighted by atomic mass is 19.3. The van der Waals surface area contributed by atoms with Gasteiger partial charge >= 0.3 is 0 Å². The number of ether oxygens (including phenoxy) is 1. The largest absolute Gasteiger partial charge is 0.493 e. The Balaban J connectivity index is 2.00. The molecule has 1 fully saturated rings. The van der Waals surface area contributed by atoms with Crippen molar-refractivity contribution in [2.45, 2.75) is 25.7 Å². The minimum atomic E-state index is -2.86. The molecule has 0 bridgehead atoms. The molecule has 0 spiro atoms. The van der Waals surface area contributed by atoms with Gasteiger partial charge in [0.25, 0.3) is 5.92 Å². The number of nitrogens with one attached hydrogen (secondary N) is 1. The summed E-state index contributed by atoms with van der Waals surface area (Å²) >= 11 is 0. The van der Waals surface area contributed by atoms with Gasteiger partial charge in [-0.2, -0.15) is 0 Å². The van der Waals surface area contributed by atoms with Crippen LogP contribution in [0.5, 0.6) is 5.75 Å². The molecule has 1 N–H and O–H groups in total. The molecular weight excluding hydrogens is 236 g/mol. The van der Waals surface area contributed by atoms with Crippen LogP contribution in [0.1, 0.15) is 25.3 Å². The van der Waals surface area contributed by atoms with Crippen molar-refractivity contribution in [2.24, 2.45) is 5.92 Å². The van der Waals surface area contributed by atoms with Crippen LogP contribution in [0.25, 0.3) is 0 Å². The third-order valence-electron chi connectivity index (χ3n) is 3.23. The molecule has 18 heavy (non-hydrogen) atoms. The summed E-state index contributed by atoms with van der Waals surface area (Å²) in [6, 6.07) is 6.38. The summed E-state index contributed by atoms with van der Waals surface area (Å²) in [7, 11) is 0. The quantitative estimate of drug-likeness (QED) is 0.892. The Labute approximate surface area is 106 Å². The van der Waals surface area contributed by atoms with E-state index in [1.165, 1.54) is 6.07 Å². The van der Waals surface area contributed by atoms with Gasteiger partial charge in [-0.3, -0.25) is 0 Å². The zero-order valence-electron chi connectivity index (χ0n) is 10.6. The molecule has 0 amide bonds. The van der Waals surface area contributed by atoms with Gasteiger partial charge in [0, 0.05) is 19.4 Å². The van der Waals surface area contributed by atoms with Crippen molar-refractivity contribution >= 4 is 0 Å². The number of piperidine rings is 1. The highest BCUT2D eigenvalue weighted by molar-refractivity contribution is 5.36. The van der Waals surface area contributed by atoms with Crippen molar-refractivity contribution in [3.05, 3.63) is 29.8 Å². The van der Waals surface area contributed by atoms with E-state index in [1.807, 2.05) is 0 Å². The Hall–Kier alpha value is -1.16. The number of rotatable bonds is 4. The fourth-order valence-corrected chi connectivity index (χ4v) is 2.23. The lowest BCUT2D eigenvalue weighted by Crippen LogP contribution is -2.33. The number of para-hydroxylation sites is 1. The van der Waals surface area contributed by atoms with Crippen LogP contribution < -0.4 is 10.1 Å². The van der Waals surface area contributed by atoms with E-state index in [4.69, 9.17) is 4.74 Å². The van der Waals surface area contributed by atoms with Crippen molar-refractivity contribution in [3.8, 4) is 5.75 Å². The van der Waals surface area contributed by atoms with E-state index in [1.54, 1.807) is 18.2 Å². The first-order valence-corrected chi connectivity index (χ1v) is 6.38. The highest BCUT2D eigenvalue weighted by Gasteiger charge is 2.28. The third-order valence-corrected chi connectivity index (χ3v) is 3.23. The van der Waals surface area contributed by atoms with Crippen LogP contribution in [-0.4, -0.2) is 19.7 Å². The minimum Gasteiger partial charge on any atom is -0.493 e. The average Bonchev–Trinajstić information content (AvgIpc) is 2.37. The second kappa shape index (κ2) is 5.65. The number of benzene rings is 1. The van der Waals surface area contributed by atoms with Gasteiger partial charge in [0.05, 0.1) is 12.2 Å².